The van der Waals surface area contributed by atoms with E-state index in [1.54, 1.807) is 6.07 Å². The molecule has 3 rings (SSSR count). The first-order chi connectivity index (χ1) is 12.4. The van der Waals surface area contributed by atoms with Gasteiger partial charge in [0.2, 0.25) is 0 Å². The number of amides is 1. The molecule has 0 spiro atoms. The van der Waals surface area contributed by atoms with E-state index in [4.69, 9.17) is 0 Å². The number of hydrogen-bond donors (Lipinski definition) is 1. The summed E-state index contributed by atoms with van der Waals surface area (Å²) in [4.78, 5) is 29.3. The largest absolute Gasteiger partial charge is 0.350 e. The highest BCUT2D eigenvalue weighted by atomic mass is 32.1. The highest BCUT2D eigenvalue weighted by Gasteiger charge is 2.11. The van der Waals surface area contributed by atoms with Crippen LogP contribution in [0.2, 0.25) is 0 Å². The molecular weight excluding hydrogens is 355 g/mol. The van der Waals surface area contributed by atoms with Crippen LogP contribution in [0.15, 0.2) is 41.2 Å². The Morgan fingerprint density at radius 3 is 2.58 bits per heavy atom. The molecule has 2 heterocycles. The van der Waals surface area contributed by atoms with Crippen LogP contribution in [0.25, 0.3) is 10.6 Å². The van der Waals surface area contributed by atoms with Gasteiger partial charge in [0.15, 0.2) is 0 Å². The zero-order valence-corrected chi connectivity index (χ0v) is 15.1. The lowest BCUT2D eigenvalue weighted by molar-refractivity contribution is 0.0951. The Labute approximate surface area is 153 Å². The monoisotopic (exact) mass is 372 g/mol. The van der Waals surface area contributed by atoms with Crippen LogP contribution in [-0.2, 0) is 6.54 Å². The fourth-order valence-corrected chi connectivity index (χ4v) is 3.36. The van der Waals surface area contributed by atoms with Crippen molar-refractivity contribution < 1.29 is 9.18 Å². The highest BCUT2D eigenvalue weighted by Crippen LogP contribution is 2.27. The zero-order valence-electron chi connectivity index (χ0n) is 14.3. The summed E-state index contributed by atoms with van der Waals surface area (Å²) >= 11 is 1.52. The van der Waals surface area contributed by atoms with Crippen molar-refractivity contribution in [2.24, 2.45) is 0 Å². The van der Waals surface area contributed by atoms with Gasteiger partial charge in [0.1, 0.15) is 11.5 Å². The number of carbonyl (C=O) groups excluding carboxylic acids is 1. The van der Waals surface area contributed by atoms with Gasteiger partial charge in [-0.2, -0.15) is 5.10 Å². The molecular formula is C18H17FN4O2S. The maximum atomic E-state index is 12.9. The van der Waals surface area contributed by atoms with Crippen molar-refractivity contribution in [1.82, 2.24) is 20.1 Å². The van der Waals surface area contributed by atoms with E-state index in [-0.39, 0.29) is 24.6 Å². The molecule has 1 aromatic carbocycles. The van der Waals surface area contributed by atoms with Gasteiger partial charge in [-0.25, -0.2) is 14.1 Å². The van der Waals surface area contributed by atoms with E-state index in [2.05, 4.69) is 15.4 Å². The summed E-state index contributed by atoms with van der Waals surface area (Å²) in [5, 5.41) is 8.00. The number of aryl methyl sites for hydroxylation is 2. The smallest absolute Gasteiger partial charge is 0.266 e. The van der Waals surface area contributed by atoms with E-state index in [1.165, 1.54) is 46.4 Å². The van der Waals surface area contributed by atoms with Gasteiger partial charge >= 0.3 is 0 Å². The SMILES string of the molecule is Cc1nc(C)c(-c2ccc(=O)n(CCNC(=O)c3ccc(F)cc3)n2)s1. The van der Waals surface area contributed by atoms with E-state index in [1.807, 2.05) is 13.8 Å². The van der Waals surface area contributed by atoms with Crippen LogP contribution in [0.3, 0.4) is 0 Å². The fraction of sp³-hybridized carbons (Fsp3) is 0.222. The van der Waals surface area contributed by atoms with Crippen LogP contribution >= 0.6 is 11.3 Å². The number of hydrogen-bond acceptors (Lipinski definition) is 5. The molecule has 0 radical (unpaired) electrons. The van der Waals surface area contributed by atoms with Crippen molar-refractivity contribution in [3.05, 3.63) is 68.8 Å². The second-order valence-electron chi connectivity index (χ2n) is 5.69. The molecule has 1 N–H and O–H groups in total. The molecule has 0 atom stereocenters. The first-order valence-corrected chi connectivity index (χ1v) is 8.82. The van der Waals surface area contributed by atoms with E-state index in [9.17, 15) is 14.0 Å². The van der Waals surface area contributed by atoms with E-state index < -0.39 is 5.82 Å². The van der Waals surface area contributed by atoms with E-state index in [0.29, 0.717) is 11.3 Å². The summed E-state index contributed by atoms with van der Waals surface area (Å²) in [5.74, 6) is -0.731. The molecule has 0 bridgehead atoms. The lowest BCUT2D eigenvalue weighted by Gasteiger charge is -2.08. The van der Waals surface area contributed by atoms with Crippen LogP contribution in [-0.4, -0.2) is 27.2 Å². The lowest BCUT2D eigenvalue weighted by Crippen LogP contribution is -2.31. The van der Waals surface area contributed by atoms with Gasteiger partial charge in [-0.05, 0) is 44.2 Å². The Bertz CT molecular complexity index is 995. The zero-order chi connectivity index (χ0) is 18.7. The second-order valence-corrected chi connectivity index (χ2v) is 6.89. The van der Waals surface area contributed by atoms with Gasteiger partial charge in [0.05, 0.1) is 22.1 Å². The maximum Gasteiger partial charge on any atom is 0.266 e. The maximum absolute atomic E-state index is 12.9. The molecule has 2 aromatic heterocycles. The number of benzene rings is 1. The van der Waals surface area contributed by atoms with Gasteiger partial charge in [-0.3, -0.25) is 9.59 Å². The standard InChI is InChI=1S/C18H17FN4O2S/c1-11-17(26-12(2)21-11)15-7-8-16(24)23(22-15)10-9-20-18(25)13-3-5-14(19)6-4-13/h3-8H,9-10H2,1-2H3,(H,20,25). The van der Waals surface area contributed by atoms with Crippen LogP contribution in [0.5, 0.6) is 0 Å². The van der Waals surface area contributed by atoms with Crippen LogP contribution < -0.4 is 10.9 Å². The summed E-state index contributed by atoms with van der Waals surface area (Å²) in [7, 11) is 0. The van der Waals surface area contributed by atoms with Gasteiger partial charge in [0, 0.05) is 18.2 Å². The molecule has 1 amide bonds. The minimum absolute atomic E-state index is 0.229. The molecule has 0 saturated heterocycles. The Balaban J connectivity index is 1.69. The number of nitrogens with zero attached hydrogens (tertiary/aromatic N) is 3. The number of rotatable bonds is 5. The molecule has 134 valence electrons. The molecule has 0 aliphatic heterocycles. The summed E-state index contributed by atoms with van der Waals surface area (Å²) in [6, 6.07) is 8.40. The molecule has 0 aliphatic rings. The molecule has 0 unspecified atom stereocenters. The summed E-state index contributed by atoms with van der Waals surface area (Å²) in [6.07, 6.45) is 0. The fourth-order valence-electron chi connectivity index (χ4n) is 2.48. The normalized spacial score (nSPS) is 10.7. The number of carbonyl (C=O) groups is 1. The minimum atomic E-state index is -0.400. The van der Waals surface area contributed by atoms with Crippen molar-refractivity contribution in [2.75, 3.05) is 6.54 Å². The lowest BCUT2D eigenvalue weighted by atomic mass is 10.2. The minimum Gasteiger partial charge on any atom is -0.350 e. The molecule has 8 heteroatoms. The van der Waals surface area contributed by atoms with Crippen LogP contribution in [0.1, 0.15) is 21.1 Å². The van der Waals surface area contributed by atoms with Crippen molar-refractivity contribution in [1.29, 1.82) is 0 Å². The Morgan fingerprint density at radius 1 is 1.19 bits per heavy atom. The summed E-state index contributed by atoms with van der Waals surface area (Å²) in [6.45, 7) is 4.28. The summed E-state index contributed by atoms with van der Waals surface area (Å²) < 4.78 is 14.2. The first-order valence-electron chi connectivity index (χ1n) is 8.00. The van der Waals surface area contributed by atoms with Crippen LogP contribution in [0.4, 0.5) is 4.39 Å². The third kappa shape index (κ3) is 4.02. The Morgan fingerprint density at radius 2 is 1.92 bits per heavy atom. The van der Waals surface area contributed by atoms with Gasteiger partial charge < -0.3 is 5.32 Å². The molecule has 0 aliphatic carbocycles. The highest BCUT2D eigenvalue weighted by molar-refractivity contribution is 7.15. The Kier molecular flexibility index (Phi) is 5.22. The third-order valence-corrected chi connectivity index (χ3v) is 4.81. The third-order valence-electron chi connectivity index (χ3n) is 3.72. The summed E-state index contributed by atoms with van der Waals surface area (Å²) in [5.41, 5.74) is 1.66. The molecule has 6 nitrogen and oxygen atoms in total. The topological polar surface area (TPSA) is 76.9 Å². The van der Waals surface area contributed by atoms with Crippen molar-refractivity contribution >= 4 is 17.2 Å². The number of halogens is 1. The number of aromatic nitrogens is 3. The molecule has 0 saturated carbocycles. The number of nitrogens with one attached hydrogen (secondary N) is 1. The Hall–Kier alpha value is -2.87. The predicted molar refractivity (Wildman–Crippen MR) is 97.8 cm³/mol. The van der Waals surface area contributed by atoms with E-state index >= 15 is 0 Å². The van der Waals surface area contributed by atoms with Crippen molar-refractivity contribution in [3.63, 3.8) is 0 Å². The quantitative estimate of drug-likeness (QED) is 0.747. The van der Waals surface area contributed by atoms with Gasteiger partial charge in [0.25, 0.3) is 11.5 Å². The van der Waals surface area contributed by atoms with Crippen molar-refractivity contribution in [3.8, 4) is 10.6 Å². The van der Waals surface area contributed by atoms with E-state index in [0.717, 1.165) is 15.6 Å². The van der Waals surface area contributed by atoms with Gasteiger partial charge in [-0.15, -0.1) is 11.3 Å². The molecule has 0 fully saturated rings. The number of thiazole rings is 1. The second kappa shape index (κ2) is 7.57. The molecule has 26 heavy (non-hydrogen) atoms. The average molecular weight is 372 g/mol. The van der Waals surface area contributed by atoms with Crippen LogP contribution in [0, 0.1) is 19.7 Å². The first kappa shape index (κ1) is 17.9. The molecule has 3 aromatic rings. The average Bonchev–Trinajstić information content (AvgIpc) is 2.95. The van der Waals surface area contributed by atoms with Gasteiger partial charge in [-0.1, -0.05) is 0 Å². The van der Waals surface area contributed by atoms with Crippen molar-refractivity contribution in [2.45, 2.75) is 20.4 Å². The predicted octanol–water partition coefficient (Wildman–Crippen LogP) is 2.55.